The van der Waals surface area contributed by atoms with Crippen LogP contribution in [0.4, 0.5) is 24.5 Å². The molecule has 10 heteroatoms. The summed E-state index contributed by atoms with van der Waals surface area (Å²) in [5, 5.41) is 2.33. The lowest BCUT2D eigenvalue weighted by molar-refractivity contribution is -0.137. The molecule has 0 aromatic heterocycles. The Morgan fingerprint density at radius 1 is 1.14 bits per heavy atom. The molecule has 0 aliphatic rings. The van der Waals surface area contributed by atoms with E-state index in [9.17, 15) is 26.4 Å². The van der Waals surface area contributed by atoms with Crippen LogP contribution in [0.15, 0.2) is 48.5 Å². The van der Waals surface area contributed by atoms with Crippen LogP contribution in [0.1, 0.15) is 12.5 Å². The van der Waals surface area contributed by atoms with Crippen LogP contribution < -0.4 is 14.4 Å². The maximum absolute atomic E-state index is 12.8. The number of nitrogens with zero attached hydrogens (tertiary/aromatic N) is 1. The Morgan fingerprint density at radius 2 is 1.75 bits per heavy atom. The number of carbonyl (C=O) groups excluding carboxylic acids is 1. The number of halogens is 3. The van der Waals surface area contributed by atoms with Crippen LogP contribution >= 0.6 is 0 Å². The van der Waals surface area contributed by atoms with Gasteiger partial charge in [0.2, 0.25) is 15.9 Å². The second-order valence-corrected chi connectivity index (χ2v) is 7.86. The van der Waals surface area contributed by atoms with E-state index in [2.05, 4.69) is 5.32 Å². The van der Waals surface area contributed by atoms with Gasteiger partial charge in [0.15, 0.2) is 0 Å². The van der Waals surface area contributed by atoms with E-state index in [-0.39, 0.29) is 11.4 Å². The summed E-state index contributed by atoms with van der Waals surface area (Å²) in [6.45, 7) is 1.34. The van der Waals surface area contributed by atoms with Gasteiger partial charge in [-0.2, -0.15) is 13.2 Å². The Labute approximate surface area is 161 Å². The number of amides is 1. The largest absolute Gasteiger partial charge is 0.497 e. The van der Waals surface area contributed by atoms with E-state index in [4.69, 9.17) is 4.74 Å². The van der Waals surface area contributed by atoms with Gasteiger partial charge >= 0.3 is 6.18 Å². The number of alkyl halides is 3. The summed E-state index contributed by atoms with van der Waals surface area (Å²) in [5.74, 6) is -0.279. The van der Waals surface area contributed by atoms with Gasteiger partial charge < -0.3 is 10.1 Å². The lowest BCUT2D eigenvalue weighted by atomic mass is 10.2. The number of rotatable bonds is 6. The minimum Gasteiger partial charge on any atom is -0.497 e. The Kier molecular flexibility index (Phi) is 6.23. The van der Waals surface area contributed by atoms with Crippen LogP contribution in [-0.2, 0) is 21.0 Å². The first-order valence-electron chi connectivity index (χ1n) is 8.05. The van der Waals surface area contributed by atoms with Gasteiger partial charge in [0, 0.05) is 5.69 Å². The van der Waals surface area contributed by atoms with Crippen molar-refractivity contribution in [2.75, 3.05) is 23.0 Å². The number of nitrogens with one attached hydrogen (secondary N) is 1. The zero-order valence-electron chi connectivity index (χ0n) is 15.3. The molecule has 2 rings (SSSR count). The quantitative estimate of drug-likeness (QED) is 0.782. The van der Waals surface area contributed by atoms with Gasteiger partial charge in [-0.3, -0.25) is 9.10 Å². The number of benzene rings is 2. The highest BCUT2D eigenvalue weighted by Crippen LogP contribution is 2.31. The van der Waals surface area contributed by atoms with Crippen molar-refractivity contribution < 1.29 is 31.1 Å². The Hall–Kier alpha value is -2.75. The normalized spacial score (nSPS) is 12.9. The Morgan fingerprint density at radius 3 is 2.25 bits per heavy atom. The molecule has 1 atom stereocenters. The molecule has 0 bridgehead atoms. The fourth-order valence-corrected chi connectivity index (χ4v) is 3.73. The third-order valence-electron chi connectivity index (χ3n) is 3.87. The highest BCUT2D eigenvalue weighted by Gasteiger charge is 2.32. The summed E-state index contributed by atoms with van der Waals surface area (Å²) in [5.41, 5.74) is -0.794. The molecule has 1 amide bonds. The van der Waals surface area contributed by atoms with Gasteiger partial charge in [0.05, 0.1) is 24.6 Å². The SMILES string of the molecule is COc1ccc(N([C@H](C)C(=O)Nc2cccc(C(F)(F)F)c2)S(C)(=O)=O)cc1. The van der Waals surface area contributed by atoms with Gasteiger partial charge in [0.25, 0.3) is 0 Å². The zero-order chi connectivity index (χ0) is 21.1. The van der Waals surface area contributed by atoms with E-state index in [1.165, 1.54) is 44.4 Å². The van der Waals surface area contributed by atoms with Crippen molar-refractivity contribution in [2.24, 2.45) is 0 Å². The van der Waals surface area contributed by atoms with E-state index in [1.54, 1.807) is 0 Å². The van der Waals surface area contributed by atoms with Crippen LogP contribution in [0, 0.1) is 0 Å². The lowest BCUT2D eigenvalue weighted by Crippen LogP contribution is -2.45. The summed E-state index contributed by atoms with van der Waals surface area (Å²) in [4.78, 5) is 12.5. The molecule has 1 N–H and O–H groups in total. The molecule has 0 radical (unpaired) electrons. The minimum absolute atomic E-state index is 0.0881. The van der Waals surface area contributed by atoms with Gasteiger partial charge in [-0.25, -0.2) is 8.42 Å². The van der Waals surface area contributed by atoms with Gasteiger partial charge in [-0.05, 0) is 49.4 Å². The second-order valence-electron chi connectivity index (χ2n) is 6.00. The molecule has 28 heavy (non-hydrogen) atoms. The van der Waals surface area contributed by atoms with Crippen LogP contribution in [0.2, 0.25) is 0 Å². The van der Waals surface area contributed by atoms with Gasteiger partial charge in [0.1, 0.15) is 11.8 Å². The van der Waals surface area contributed by atoms with Crippen molar-refractivity contribution in [3.05, 3.63) is 54.1 Å². The molecule has 0 aliphatic heterocycles. The molecule has 0 saturated carbocycles. The standard InChI is InChI=1S/C18H19F3N2O4S/c1-12(17(24)22-14-6-4-5-13(11-14)18(19,20)21)23(28(3,25)26)15-7-9-16(27-2)10-8-15/h4-12H,1-3H3,(H,22,24)/t12-/m1/s1. The summed E-state index contributed by atoms with van der Waals surface area (Å²) in [7, 11) is -2.40. The number of methoxy groups -OCH3 is 1. The first-order chi connectivity index (χ1) is 12.9. The maximum Gasteiger partial charge on any atom is 0.416 e. The predicted molar refractivity (Wildman–Crippen MR) is 99.9 cm³/mol. The molecular weight excluding hydrogens is 397 g/mol. The fraction of sp³-hybridized carbons (Fsp3) is 0.278. The van der Waals surface area contributed by atoms with Crippen molar-refractivity contribution in [1.29, 1.82) is 0 Å². The highest BCUT2D eigenvalue weighted by atomic mass is 32.2. The average Bonchev–Trinajstić information content (AvgIpc) is 2.60. The lowest BCUT2D eigenvalue weighted by Gasteiger charge is -2.28. The molecule has 0 saturated heterocycles. The number of carbonyl (C=O) groups is 1. The van der Waals surface area contributed by atoms with Gasteiger partial charge in [-0.1, -0.05) is 6.07 Å². The van der Waals surface area contributed by atoms with E-state index in [0.717, 1.165) is 28.8 Å². The first kappa shape index (κ1) is 21.5. The molecule has 6 nitrogen and oxygen atoms in total. The van der Waals surface area contributed by atoms with Crippen LogP contribution in [0.5, 0.6) is 5.75 Å². The fourth-order valence-electron chi connectivity index (χ4n) is 2.56. The molecule has 0 spiro atoms. The topological polar surface area (TPSA) is 75.7 Å². The first-order valence-corrected chi connectivity index (χ1v) is 9.90. The van der Waals surface area contributed by atoms with Crippen LogP contribution in [0.3, 0.4) is 0 Å². The second kappa shape index (κ2) is 8.09. The van der Waals surface area contributed by atoms with Crippen LogP contribution in [0.25, 0.3) is 0 Å². The number of ether oxygens (including phenoxy) is 1. The van der Waals surface area contributed by atoms with E-state index >= 15 is 0 Å². The van der Waals surface area contributed by atoms with Crippen molar-refractivity contribution >= 4 is 27.3 Å². The minimum atomic E-state index is -4.56. The zero-order valence-corrected chi connectivity index (χ0v) is 16.1. The number of hydrogen-bond acceptors (Lipinski definition) is 4. The third kappa shape index (κ3) is 5.16. The number of hydrogen-bond donors (Lipinski definition) is 1. The average molecular weight is 416 g/mol. The summed E-state index contributed by atoms with van der Waals surface area (Å²) in [6.07, 6.45) is -3.63. The molecule has 0 heterocycles. The molecule has 0 unspecified atom stereocenters. The van der Waals surface area contributed by atoms with Crippen molar-refractivity contribution in [3.63, 3.8) is 0 Å². The monoisotopic (exact) mass is 416 g/mol. The van der Waals surface area contributed by atoms with Crippen molar-refractivity contribution in [1.82, 2.24) is 0 Å². The highest BCUT2D eigenvalue weighted by molar-refractivity contribution is 7.92. The molecule has 0 fully saturated rings. The predicted octanol–water partition coefficient (Wildman–Crippen LogP) is 3.51. The van der Waals surface area contributed by atoms with E-state index < -0.39 is 33.7 Å². The maximum atomic E-state index is 12.8. The van der Waals surface area contributed by atoms with Crippen molar-refractivity contribution in [3.8, 4) is 5.75 Å². The van der Waals surface area contributed by atoms with E-state index in [0.29, 0.717) is 5.75 Å². The number of sulfonamides is 1. The molecule has 2 aromatic rings. The van der Waals surface area contributed by atoms with E-state index in [1.807, 2.05) is 0 Å². The van der Waals surface area contributed by atoms with Crippen LogP contribution in [-0.4, -0.2) is 33.7 Å². The summed E-state index contributed by atoms with van der Waals surface area (Å²) >= 11 is 0. The third-order valence-corrected chi connectivity index (χ3v) is 5.11. The smallest absolute Gasteiger partial charge is 0.416 e. The Balaban J connectivity index is 2.29. The molecular formula is C18H19F3N2O4S. The van der Waals surface area contributed by atoms with Gasteiger partial charge in [-0.15, -0.1) is 0 Å². The Bertz CT molecular complexity index is 944. The molecule has 0 aliphatic carbocycles. The summed E-state index contributed by atoms with van der Waals surface area (Å²) in [6, 6.07) is 8.89. The number of anilines is 2. The summed E-state index contributed by atoms with van der Waals surface area (Å²) < 4.78 is 68.8. The van der Waals surface area contributed by atoms with Crippen molar-refractivity contribution in [2.45, 2.75) is 19.1 Å². The molecule has 152 valence electrons. The molecule has 2 aromatic carbocycles.